The van der Waals surface area contributed by atoms with Crippen LogP contribution in [0.5, 0.6) is 0 Å². The van der Waals surface area contributed by atoms with E-state index in [1.54, 1.807) is 6.07 Å². The number of carbonyl (C=O) groups excluding carboxylic acids is 1. The smallest absolute Gasteiger partial charge is 0.150 e. The summed E-state index contributed by atoms with van der Waals surface area (Å²) in [6.07, 6.45) is 0.818. The number of hydrogen-bond acceptors (Lipinski definition) is 2. The van der Waals surface area contributed by atoms with Crippen LogP contribution < -0.4 is 0 Å². The molecular formula is C36H24N2O2. The normalized spacial score (nSPS) is 11.8. The lowest BCUT2D eigenvalue weighted by Crippen LogP contribution is -2.03. The second-order valence-electron chi connectivity index (χ2n) is 10.2. The number of rotatable bonds is 4. The van der Waals surface area contributed by atoms with Gasteiger partial charge >= 0.3 is 0 Å². The summed E-state index contributed by atoms with van der Waals surface area (Å²) < 4.78 is 4.53. The fraction of sp³-hybridized carbons (Fsp3) is 0.0278. The third-order valence-electron chi connectivity index (χ3n) is 8.17. The van der Waals surface area contributed by atoms with Crippen LogP contribution in [0.25, 0.3) is 65.8 Å². The van der Waals surface area contributed by atoms with Crippen molar-refractivity contribution < 1.29 is 9.90 Å². The molecule has 0 bridgehead atoms. The van der Waals surface area contributed by atoms with Gasteiger partial charge in [0.25, 0.3) is 0 Å². The zero-order valence-electron chi connectivity index (χ0n) is 21.6. The fourth-order valence-electron chi connectivity index (χ4n) is 6.37. The summed E-state index contributed by atoms with van der Waals surface area (Å²) in [5, 5.41) is 17.4. The van der Waals surface area contributed by atoms with Crippen LogP contribution in [-0.2, 0) is 6.61 Å². The number of para-hydroxylation sites is 2. The molecule has 0 unspecified atom stereocenters. The van der Waals surface area contributed by atoms with E-state index in [-0.39, 0.29) is 6.61 Å². The van der Waals surface area contributed by atoms with Crippen LogP contribution >= 0.6 is 0 Å². The van der Waals surface area contributed by atoms with Crippen molar-refractivity contribution in [2.24, 2.45) is 0 Å². The number of aliphatic hydroxyl groups excluding tert-OH is 1. The summed E-state index contributed by atoms with van der Waals surface area (Å²) in [4.78, 5) is 11.9. The summed E-state index contributed by atoms with van der Waals surface area (Å²) in [6, 6.07) is 42.1. The Balaban J connectivity index is 1.54. The molecule has 2 heterocycles. The highest BCUT2D eigenvalue weighted by atomic mass is 16.3. The Bertz CT molecular complexity index is 2290. The average molecular weight is 517 g/mol. The van der Waals surface area contributed by atoms with Crippen LogP contribution in [0.15, 0.2) is 121 Å². The zero-order valence-corrected chi connectivity index (χ0v) is 21.6. The molecule has 2 aromatic heterocycles. The Morgan fingerprint density at radius 1 is 0.550 bits per heavy atom. The topological polar surface area (TPSA) is 47.2 Å². The highest BCUT2D eigenvalue weighted by Gasteiger charge is 2.20. The number of aromatic nitrogens is 2. The van der Waals surface area contributed by atoms with Gasteiger partial charge in [0.1, 0.15) is 6.29 Å². The number of aldehydes is 1. The average Bonchev–Trinajstić information content (AvgIpc) is 3.51. The van der Waals surface area contributed by atoms with Crippen molar-refractivity contribution in [3.63, 3.8) is 0 Å². The molecular weight excluding hydrogens is 492 g/mol. The van der Waals surface area contributed by atoms with E-state index in [1.165, 1.54) is 21.5 Å². The fourth-order valence-corrected chi connectivity index (χ4v) is 6.37. The molecule has 8 rings (SSSR count). The summed E-state index contributed by atoms with van der Waals surface area (Å²) in [7, 11) is 0. The number of fused-ring (bicyclic) bond motifs is 7. The molecule has 0 aliphatic carbocycles. The minimum absolute atomic E-state index is 0.224. The molecule has 0 spiro atoms. The predicted molar refractivity (Wildman–Crippen MR) is 164 cm³/mol. The highest BCUT2D eigenvalue weighted by molar-refractivity contribution is 6.19. The Morgan fingerprint density at radius 3 is 1.93 bits per heavy atom. The number of benzene rings is 6. The molecule has 0 radical (unpaired) electrons. The molecule has 0 saturated heterocycles. The first kappa shape index (κ1) is 22.8. The van der Waals surface area contributed by atoms with Crippen LogP contribution in [-0.4, -0.2) is 20.5 Å². The second kappa shape index (κ2) is 8.67. The lowest BCUT2D eigenvalue weighted by molar-refractivity contribution is 0.112. The van der Waals surface area contributed by atoms with E-state index >= 15 is 0 Å². The SMILES string of the molecule is O=Cc1cccc(-n2c3ccccc3c3cc4c5ccccc5n(-c5ccc6ccccc6c5)c4cc32)c1CO. The van der Waals surface area contributed by atoms with Gasteiger partial charge < -0.3 is 14.2 Å². The van der Waals surface area contributed by atoms with Gasteiger partial charge in [0, 0.05) is 38.4 Å². The van der Waals surface area contributed by atoms with Crippen LogP contribution in [0.3, 0.4) is 0 Å². The maximum atomic E-state index is 11.9. The van der Waals surface area contributed by atoms with E-state index in [0.717, 1.165) is 50.5 Å². The summed E-state index contributed by atoms with van der Waals surface area (Å²) >= 11 is 0. The van der Waals surface area contributed by atoms with Gasteiger partial charge in [-0.2, -0.15) is 0 Å². The van der Waals surface area contributed by atoms with Gasteiger partial charge in [-0.15, -0.1) is 0 Å². The predicted octanol–water partition coefficient (Wildman–Crippen LogP) is 8.34. The van der Waals surface area contributed by atoms with Crippen molar-refractivity contribution in [1.29, 1.82) is 0 Å². The van der Waals surface area contributed by atoms with Gasteiger partial charge in [-0.3, -0.25) is 4.79 Å². The molecule has 6 aromatic carbocycles. The van der Waals surface area contributed by atoms with Crippen molar-refractivity contribution in [1.82, 2.24) is 9.13 Å². The van der Waals surface area contributed by atoms with Gasteiger partial charge in [-0.1, -0.05) is 78.9 Å². The van der Waals surface area contributed by atoms with Crippen LogP contribution in [0.4, 0.5) is 0 Å². The summed E-state index contributed by atoms with van der Waals surface area (Å²) in [5.74, 6) is 0. The number of aliphatic hydroxyl groups is 1. The Kier molecular flexibility index (Phi) is 4.93. The number of nitrogens with zero attached hydrogens (tertiary/aromatic N) is 2. The van der Waals surface area contributed by atoms with Crippen molar-refractivity contribution in [3.8, 4) is 11.4 Å². The van der Waals surface area contributed by atoms with Gasteiger partial charge in [0.05, 0.1) is 34.4 Å². The Labute approximate surface area is 229 Å². The van der Waals surface area contributed by atoms with Gasteiger partial charge in [0.2, 0.25) is 0 Å². The molecule has 1 N–H and O–H groups in total. The molecule has 0 amide bonds. The van der Waals surface area contributed by atoms with Crippen molar-refractivity contribution >= 4 is 60.7 Å². The molecule has 4 nitrogen and oxygen atoms in total. The van der Waals surface area contributed by atoms with Crippen molar-refractivity contribution in [2.45, 2.75) is 6.61 Å². The minimum atomic E-state index is -0.224. The molecule has 40 heavy (non-hydrogen) atoms. The molecule has 8 aromatic rings. The van der Waals surface area contributed by atoms with E-state index in [2.05, 4.69) is 106 Å². The number of carbonyl (C=O) groups is 1. The van der Waals surface area contributed by atoms with Crippen LogP contribution in [0.1, 0.15) is 15.9 Å². The maximum Gasteiger partial charge on any atom is 0.150 e. The summed E-state index contributed by atoms with van der Waals surface area (Å²) in [5.41, 5.74) is 7.34. The third kappa shape index (κ3) is 3.14. The number of hydrogen-bond donors (Lipinski definition) is 1. The standard InChI is InChI=1S/C36H24N2O2/c39-21-25-10-7-15-34(31(25)22-40)38-33-14-6-4-12-28(33)30-19-29-27-11-3-5-13-32(27)37(35(29)20-36(30)38)26-17-16-23-8-1-2-9-24(23)18-26/h1-21,40H,22H2. The Morgan fingerprint density at radius 2 is 1.20 bits per heavy atom. The third-order valence-corrected chi connectivity index (χ3v) is 8.17. The molecule has 190 valence electrons. The van der Waals surface area contributed by atoms with E-state index in [0.29, 0.717) is 11.1 Å². The van der Waals surface area contributed by atoms with Crippen molar-refractivity contribution in [3.05, 3.63) is 132 Å². The minimum Gasteiger partial charge on any atom is -0.392 e. The molecule has 0 atom stereocenters. The molecule has 0 aliphatic rings. The van der Waals surface area contributed by atoms with Gasteiger partial charge in [0.15, 0.2) is 0 Å². The van der Waals surface area contributed by atoms with E-state index in [1.807, 2.05) is 18.2 Å². The van der Waals surface area contributed by atoms with Crippen LogP contribution in [0, 0.1) is 0 Å². The van der Waals surface area contributed by atoms with E-state index in [4.69, 9.17) is 0 Å². The molecule has 4 heteroatoms. The van der Waals surface area contributed by atoms with Gasteiger partial charge in [-0.25, -0.2) is 0 Å². The first-order chi connectivity index (χ1) is 19.8. The van der Waals surface area contributed by atoms with Crippen molar-refractivity contribution in [2.75, 3.05) is 0 Å². The Hall–Kier alpha value is -5.19. The van der Waals surface area contributed by atoms with Gasteiger partial charge in [-0.05, 0) is 53.2 Å². The lowest BCUT2D eigenvalue weighted by atomic mass is 10.1. The highest BCUT2D eigenvalue weighted by Crippen LogP contribution is 2.40. The maximum absolute atomic E-state index is 11.9. The second-order valence-corrected chi connectivity index (χ2v) is 10.2. The quantitative estimate of drug-likeness (QED) is 0.239. The van der Waals surface area contributed by atoms with Crippen LogP contribution in [0.2, 0.25) is 0 Å². The first-order valence-corrected chi connectivity index (χ1v) is 13.4. The molecule has 0 aliphatic heterocycles. The zero-order chi connectivity index (χ0) is 26.8. The lowest BCUT2D eigenvalue weighted by Gasteiger charge is -2.14. The first-order valence-electron chi connectivity index (χ1n) is 13.4. The largest absolute Gasteiger partial charge is 0.392 e. The summed E-state index contributed by atoms with van der Waals surface area (Å²) in [6.45, 7) is -0.224. The molecule has 0 fully saturated rings. The monoisotopic (exact) mass is 516 g/mol. The molecule has 0 saturated carbocycles. The van der Waals surface area contributed by atoms with E-state index in [9.17, 15) is 9.90 Å². The van der Waals surface area contributed by atoms with E-state index < -0.39 is 0 Å².